The molecule has 0 bridgehead atoms. The monoisotopic (exact) mass is 434 g/mol. The summed E-state index contributed by atoms with van der Waals surface area (Å²) in [5.74, 6) is 1.44. The van der Waals surface area contributed by atoms with Gasteiger partial charge in [0.2, 0.25) is 0 Å². The van der Waals surface area contributed by atoms with Gasteiger partial charge < -0.3 is 19.0 Å². The van der Waals surface area contributed by atoms with Crippen LogP contribution >= 0.6 is 0 Å². The summed E-state index contributed by atoms with van der Waals surface area (Å²) in [6.45, 7) is 3.97. The number of ether oxygens (including phenoxy) is 2. The van der Waals surface area contributed by atoms with Gasteiger partial charge in [-0.2, -0.15) is 5.10 Å². The molecule has 5 rings (SSSR count). The largest absolute Gasteiger partial charge is 0.491 e. The van der Waals surface area contributed by atoms with Crippen LogP contribution in [-0.2, 0) is 11.8 Å². The number of aliphatic hydroxyl groups excluding tert-OH is 1. The Balaban J connectivity index is 1.26. The third-order valence-electron chi connectivity index (χ3n) is 5.56. The lowest BCUT2D eigenvalue weighted by molar-refractivity contribution is 0.00465. The van der Waals surface area contributed by atoms with Gasteiger partial charge in [0.05, 0.1) is 18.9 Å². The molecule has 0 aliphatic carbocycles. The molecule has 0 saturated carbocycles. The minimum absolute atomic E-state index is 0.249. The lowest BCUT2D eigenvalue weighted by Crippen LogP contribution is -2.42. The van der Waals surface area contributed by atoms with Gasteiger partial charge >= 0.3 is 0 Å². The Morgan fingerprint density at radius 2 is 1.94 bits per heavy atom. The van der Waals surface area contributed by atoms with Crippen molar-refractivity contribution in [1.82, 2.24) is 19.7 Å². The number of morpholine rings is 1. The van der Waals surface area contributed by atoms with E-state index in [1.807, 2.05) is 55.7 Å². The van der Waals surface area contributed by atoms with E-state index >= 15 is 0 Å². The second-order valence-corrected chi connectivity index (χ2v) is 7.96. The van der Waals surface area contributed by atoms with Crippen LogP contribution in [0.4, 0.5) is 0 Å². The fourth-order valence-corrected chi connectivity index (χ4v) is 3.88. The van der Waals surface area contributed by atoms with Gasteiger partial charge in [0, 0.05) is 56.3 Å². The van der Waals surface area contributed by atoms with E-state index in [2.05, 4.69) is 15.0 Å². The van der Waals surface area contributed by atoms with Gasteiger partial charge in [-0.1, -0.05) is 0 Å². The predicted octanol–water partition coefficient (Wildman–Crippen LogP) is 2.97. The number of β-amino-alcohol motifs (C(OH)–C–C–N with tert-alkyl or cyclic N) is 1. The zero-order valence-corrected chi connectivity index (χ0v) is 18.0. The molecule has 1 N–H and O–H groups in total. The molecule has 1 aromatic carbocycles. The maximum absolute atomic E-state index is 10.3. The van der Waals surface area contributed by atoms with Gasteiger partial charge in [-0.25, -0.2) is 0 Å². The number of furan rings is 1. The smallest absolute Gasteiger partial charge is 0.162 e. The SMILES string of the molecule is Cn1ccc(-c2ccnc3cc(-c4ccc(OCC(O)CN5CCOCC5)cc4)oc23)n1. The van der Waals surface area contributed by atoms with Crippen molar-refractivity contribution < 1.29 is 19.0 Å². The minimum atomic E-state index is -0.542. The first kappa shape index (κ1) is 20.7. The summed E-state index contributed by atoms with van der Waals surface area (Å²) in [6.07, 6.45) is 3.13. The number of benzene rings is 1. The van der Waals surface area contributed by atoms with Crippen molar-refractivity contribution in [2.24, 2.45) is 7.05 Å². The molecule has 1 saturated heterocycles. The molecular formula is C24H26N4O4. The summed E-state index contributed by atoms with van der Waals surface area (Å²) in [6, 6.07) is 13.5. The van der Waals surface area contributed by atoms with Crippen LogP contribution in [0, 0.1) is 0 Å². The summed E-state index contributed by atoms with van der Waals surface area (Å²) in [4.78, 5) is 6.63. The second-order valence-electron chi connectivity index (χ2n) is 7.96. The lowest BCUT2D eigenvalue weighted by atomic mass is 10.1. The van der Waals surface area contributed by atoms with Crippen molar-refractivity contribution in [3.63, 3.8) is 0 Å². The van der Waals surface area contributed by atoms with E-state index in [-0.39, 0.29) is 6.61 Å². The van der Waals surface area contributed by atoms with Crippen LogP contribution in [0.1, 0.15) is 0 Å². The first-order valence-electron chi connectivity index (χ1n) is 10.8. The standard InChI is InChI=1S/C24H26N4O4/c1-27-9-7-21(26-27)20-6-8-25-22-14-23(32-24(20)22)17-2-4-19(5-3-17)31-16-18(29)15-28-10-12-30-13-11-28/h2-9,14,18,29H,10-13,15-16H2,1H3. The molecule has 4 heterocycles. The van der Waals surface area contributed by atoms with E-state index in [0.29, 0.717) is 17.9 Å². The first-order chi connectivity index (χ1) is 15.7. The van der Waals surface area contributed by atoms with Crippen LogP contribution in [0.15, 0.2) is 59.3 Å². The van der Waals surface area contributed by atoms with Crippen molar-refractivity contribution in [1.29, 1.82) is 0 Å². The first-order valence-corrected chi connectivity index (χ1v) is 10.8. The number of nitrogens with zero attached hydrogens (tertiary/aromatic N) is 4. The maximum atomic E-state index is 10.3. The van der Waals surface area contributed by atoms with Gasteiger partial charge in [0.1, 0.15) is 29.7 Å². The molecule has 1 unspecified atom stereocenters. The zero-order valence-electron chi connectivity index (χ0n) is 18.0. The van der Waals surface area contributed by atoms with E-state index in [1.165, 1.54) is 0 Å². The predicted molar refractivity (Wildman–Crippen MR) is 120 cm³/mol. The highest BCUT2D eigenvalue weighted by atomic mass is 16.5. The van der Waals surface area contributed by atoms with Crippen molar-refractivity contribution in [2.75, 3.05) is 39.5 Å². The Kier molecular flexibility index (Phi) is 5.89. The highest BCUT2D eigenvalue weighted by molar-refractivity contribution is 5.91. The normalized spacial score (nSPS) is 15.8. The van der Waals surface area contributed by atoms with E-state index < -0.39 is 6.10 Å². The molecule has 0 spiro atoms. The highest BCUT2D eigenvalue weighted by Gasteiger charge is 2.16. The van der Waals surface area contributed by atoms with Crippen LogP contribution in [-0.4, -0.2) is 70.3 Å². The fraction of sp³-hybridized carbons (Fsp3) is 0.333. The average molecular weight is 434 g/mol. The van der Waals surface area contributed by atoms with Crippen LogP contribution in [0.2, 0.25) is 0 Å². The van der Waals surface area contributed by atoms with Crippen molar-refractivity contribution >= 4 is 11.1 Å². The van der Waals surface area contributed by atoms with Gasteiger partial charge in [-0.15, -0.1) is 0 Å². The Morgan fingerprint density at radius 1 is 1.12 bits per heavy atom. The fourth-order valence-electron chi connectivity index (χ4n) is 3.88. The Morgan fingerprint density at radius 3 is 2.69 bits per heavy atom. The van der Waals surface area contributed by atoms with Gasteiger partial charge in [0.15, 0.2) is 5.58 Å². The van der Waals surface area contributed by atoms with Crippen LogP contribution in [0.3, 0.4) is 0 Å². The van der Waals surface area contributed by atoms with Crippen molar-refractivity contribution in [2.45, 2.75) is 6.10 Å². The molecule has 8 nitrogen and oxygen atoms in total. The molecule has 166 valence electrons. The number of aryl methyl sites for hydroxylation is 1. The highest BCUT2D eigenvalue weighted by Crippen LogP contribution is 2.33. The summed E-state index contributed by atoms with van der Waals surface area (Å²) >= 11 is 0. The number of hydrogen-bond acceptors (Lipinski definition) is 7. The lowest BCUT2D eigenvalue weighted by Gasteiger charge is -2.28. The van der Waals surface area contributed by atoms with Crippen LogP contribution in [0.5, 0.6) is 5.75 Å². The van der Waals surface area contributed by atoms with Gasteiger partial charge in [0.25, 0.3) is 0 Å². The minimum Gasteiger partial charge on any atom is -0.491 e. The summed E-state index contributed by atoms with van der Waals surface area (Å²) in [7, 11) is 1.89. The van der Waals surface area contributed by atoms with Crippen LogP contribution in [0.25, 0.3) is 33.7 Å². The Hall–Kier alpha value is -3.20. The molecule has 0 amide bonds. The number of hydrogen-bond donors (Lipinski definition) is 1. The molecule has 3 aromatic heterocycles. The molecule has 32 heavy (non-hydrogen) atoms. The Labute approximate surface area is 186 Å². The maximum Gasteiger partial charge on any atom is 0.162 e. The zero-order chi connectivity index (χ0) is 21.9. The van der Waals surface area contributed by atoms with Crippen molar-refractivity contribution in [3.05, 3.63) is 54.9 Å². The third-order valence-corrected chi connectivity index (χ3v) is 5.56. The van der Waals surface area contributed by atoms with E-state index in [9.17, 15) is 5.11 Å². The molecule has 4 aromatic rings. The topological polar surface area (TPSA) is 85.8 Å². The second kappa shape index (κ2) is 9.12. The van der Waals surface area contributed by atoms with E-state index in [1.54, 1.807) is 10.9 Å². The van der Waals surface area contributed by atoms with E-state index in [4.69, 9.17) is 13.9 Å². The number of pyridine rings is 1. The Bertz CT molecular complexity index is 1180. The average Bonchev–Trinajstić information content (AvgIpc) is 3.45. The molecule has 1 aliphatic rings. The molecule has 1 fully saturated rings. The quantitative estimate of drug-likeness (QED) is 0.479. The van der Waals surface area contributed by atoms with Crippen LogP contribution < -0.4 is 4.74 Å². The van der Waals surface area contributed by atoms with Crippen molar-refractivity contribution in [3.8, 4) is 28.3 Å². The van der Waals surface area contributed by atoms with Gasteiger partial charge in [-0.05, 0) is 36.4 Å². The summed E-state index contributed by atoms with van der Waals surface area (Å²) in [5.41, 5.74) is 4.19. The molecule has 0 radical (unpaired) electrons. The number of aromatic nitrogens is 3. The number of fused-ring (bicyclic) bond motifs is 1. The number of aliphatic hydroxyl groups is 1. The molecule has 1 atom stereocenters. The van der Waals surface area contributed by atoms with Gasteiger partial charge in [-0.3, -0.25) is 14.6 Å². The number of rotatable bonds is 7. The molecule has 1 aliphatic heterocycles. The molecule has 8 heteroatoms. The summed E-state index contributed by atoms with van der Waals surface area (Å²) < 4.78 is 19.0. The summed E-state index contributed by atoms with van der Waals surface area (Å²) in [5, 5.41) is 14.7. The third kappa shape index (κ3) is 4.52. The molecular weight excluding hydrogens is 408 g/mol. The van der Waals surface area contributed by atoms with E-state index in [0.717, 1.165) is 54.4 Å².